The van der Waals surface area contributed by atoms with Crippen LogP contribution in [-0.2, 0) is 22.7 Å². The standard InChI is InChI=1S/C40H46Cl2N6O4/c1-25(49)47-19-15-29(16-20-47)43-23-27-11-13-35(45-39(27)51-3)33-9-5-7-31(37(33)41)32-8-6-10-34(38(32)42)36-14-12-28(40(46-36)52-4)24-44-30-17-21-48(22-18-30)26(2)50/h5-14,29-30,43-44H,15-24H2,1-4H3. The number of aromatic nitrogens is 2. The van der Waals surface area contributed by atoms with Crippen LogP contribution in [0.1, 0.15) is 50.7 Å². The number of methoxy groups -OCH3 is 2. The van der Waals surface area contributed by atoms with Gasteiger partial charge in [0.25, 0.3) is 0 Å². The average molecular weight is 746 g/mol. The molecule has 0 radical (unpaired) electrons. The molecule has 274 valence electrons. The van der Waals surface area contributed by atoms with Crippen LogP contribution in [0.2, 0.25) is 10.0 Å². The van der Waals surface area contributed by atoms with Gasteiger partial charge in [0.05, 0.1) is 35.7 Å². The lowest BCUT2D eigenvalue weighted by molar-refractivity contribution is -0.130. The van der Waals surface area contributed by atoms with E-state index in [1.54, 1.807) is 28.1 Å². The SMILES string of the molecule is COc1nc(-c2cccc(-c3cccc(-c4ccc(CNC5CCN(C(C)=O)CC5)c(OC)n4)c3Cl)c2Cl)ccc1CNC1CCN(C(C)=O)CC1. The van der Waals surface area contributed by atoms with Crippen molar-refractivity contribution in [3.63, 3.8) is 0 Å². The number of amides is 2. The van der Waals surface area contributed by atoms with Crippen LogP contribution in [-0.4, -0.2) is 84.1 Å². The number of nitrogens with one attached hydrogen (secondary N) is 2. The van der Waals surface area contributed by atoms with Gasteiger partial charge in [-0.3, -0.25) is 9.59 Å². The molecule has 2 saturated heterocycles. The summed E-state index contributed by atoms with van der Waals surface area (Å²) in [4.78, 5) is 36.9. The molecule has 0 aliphatic carbocycles. The fraction of sp³-hybridized carbons (Fsp3) is 0.400. The van der Waals surface area contributed by atoms with Crippen LogP contribution < -0.4 is 20.1 Å². The van der Waals surface area contributed by atoms with Crippen LogP contribution in [0.25, 0.3) is 33.6 Å². The van der Waals surface area contributed by atoms with E-state index in [4.69, 9.17) is 42.6 Å². The van der Waals surface area contributed by atoms with Gasteiger partial charge in [-0.25, -0.2) is 9.97 Å². The molecule has 10 nitrogen and oxygen atoms in total. The highest BCUT2D eigenvalue weighted by molar-refractivity contribution is 6.39. The minimum absolute atomic E-state index is 0.130. The van der Waals surface area contributed by atoms with Crippen LogP contribution in [0.5, 0.6) is 11.8 Å². The molecule has 2 aromatic carbocycles. The number of carbonyl (C=O) groups is 2. The van der Waals surface area contributed by atoms with Gasteiger partial charge in [0.2, 0.25) is 23.6 Å². The van der Waals surface area contributed by atoms with Crippen molar-refractivity contribution in [3.05, 3.63) is 81.8 Å². The first-order chi connectivity index (χ1) is 25.2. The Balaban J connectivity index is 1.18. The van der Waals surface area contributed by atoms with E-state index in [-0.39, 0.29) is 11.8 Å². The van der Waals surface area contributed by atoms with Crippen molar-refractivity contribution in [1.82, 2.24) is 30.4 Å². The fourth-order valence-electron chi connectivity index (χ4n) is 7.04. The predicted octanol–water partition coefficient (Wildman–Crippen LogP) is 7.00. The van der Waals surface area contributed by atoms with Crippen LogP contribution >= 0.6 is 23.2 Å². The molecule has 0 bridgehead atoms. The van der Waals surface area contributed by atoms with E-state index in [1.165, 1.54) is 0 Å². The van der Waals surface area contributed by atoms with E-state index in [0.29, 0.717) is 58.4 Å². The highest BCUT2D eigenvalue weighted by atomic mass is 35.5. The van der Waals surface area contributed by atoms with Gasteiger partial charge in [-0.2, -0.15) is 0 Å². The number of likely N-dealkylation sites (tertiary alicyclic amines) is 2. The molecule has 4 heterocycles. The van der Waals surface area contributed by atoms with E-state index in [2.05, 4.69) is 10.6 Å². The number of rotatable bonds is 11. The summed E-state index contributed by atoms with van der Waals surface area (Å²) in [5.74, 6) is 1.32. The van der Waals surface area contributed by atoms with Gasteiger partial charge in [-0.05, 0) is 37.8 Å². The summed E-state index contributed by atoms with van der Waals surface area (Å²) in [5.41, 5.74) is 6.35. The quantitative estimate of drug-likeness (QED) is 0.169. The largest absolute Gasteiger partial charge is 0.481 e. The number of benzene rings is 2. The number of ether oxygens (including phenoxy) is 2. The molecule has 0 spiro atoms. The molecule has 0 atom stereocenters. The molecule has 6 rings (SSSR count). The van der Waals surface area contributed by atoms with Crippen molar-refractivity contribution in [1.29, 1.82) is 0 Å². The van der Waals surface area contributed by atoms with E-state index >= 15 is 0 Å². The molecule has 0 saturated carbocycles. The summed E-state index contributed by atoms with van der Waals surface area (Å²) in [7, 11) is 3.24. The number of nitrogens with zero attached hydrogens (tertiary/aromatic N) is 4. The molecule has 52 heavy (non-hydrogen) atoms. The Morgan fingerprint density at radius 1 is 0.635 bits per heavy atom. The molecule has 2 aliphatic rings. The van der Waals surface area contributed by atoms with Crippen molar-refractivity contribution < 1.29 is 19.1 Å². The van der Waals surface area contributed by atoms with Gasteiger partial charge >= 0.3 is 0 Å². The van der Waals surface area contributed by atoms with Gasteiger partial charge in [-0.15, -0.1) is 0 Å². The van der Waals surface area contributed by atoms with Crippen molar-refractivity contribution in [2.75, 3.05) is 40.4 Å². The number of carbonyl (C=O) groups excluding carboxylic acids is 2. The summed E-state index contributed by atoms with van der Waals surface area (Å²) in [6.07, 6.45) is 3.65. The Kier molecular flexibility index (Phi) is 12.3. The first kappa shape index (κ1) is 37.5. The number of piperidine rings is 2. The fourth-order valence-corrected chi connectivity index (χ4v) is 7.69. The lowest BCUT2D eigenvalue weighted by Gasteiger charge is -2.31. The average Bonchev–Trinajstić information content (AvgIpc) is 3.17. The molecule has 2 aromatic heterocycles. The van der Waals surface area contributed by atoms with Gasteiger partial charge < -0.3 is 29.9 Å². The van der Waals surface area contributed by atoms with Crippen LogP contribution in [0.15, 0.2) is 60.7 Å². The van der Waals surface area contributed by atoms with Crippen LogP contribution in [0, 0.1) is 0 Å². The van der Waals surface area contributed by atoms with Crippen molar-refractivity contribution >= 4 is 35.0 Å². The van der Waals surface area contributed by atoms with Crippen LogP contribution in [0.3, 0.4) is 0 Å². The normalized spacial score (nSPS) is 15.5. The lowest BCUT2D eigenvalue weighted by atomic mass is 9.98. The van der Waals surface area contributed by atoms with Gasteiger partial charge in [-0.1, -0.05) is 71.7 Å². The highest BCUT2D eigenvalue weighted by Crippen LogP contribution is 2.42. The summed E-state index contributed by atoms with van der Waals surface area (Å²) in [6.45, 7) is 7.53. The molecular formula is C40H46Cl2N6O4. The maximum absolute atomic E-state index is 11.7. The second kappa shape index (κ2) is 17.1. The van der Waals surface area contributed by atoms with Crippen molar-refractivity contribution in [2.24, 2.45) is 0 Å². The zero-order valence-electron chi connectivity index (χ0n) is 30.2. The molecule has 4 aromatic rings. The molecular weight excluding hydrogens is 699 g/mol. The first-order valence-corrected chi connectivity index (χ1v) is 18.6. The Labute approximate surface area is 315 Å². The first-order valence-electron chi connectivity index (χ1n) is 17.8. The van der Waals surface area contributed by atoms with Gasteiger partial charge in [0, 0.05) is 98.6 Å². The minimum Gasteiger partial charge on any atom is -0.481 e. The number of hydrogen-bond acceptors (Lipinski definition) is 8. The number of pyridine rings is 2. The Morgan fingerprint density at radius 3 is 1.35 bits per heavy atom. The zero-order valence-corrected chi connectivity index (χ0v) is 31.7. The minimum atomic E-state index is 0.130. The van der Waals surface area contributed by atoms with Crippen molar-refractivity contribution in [3.8, 4) is 45.4 Å². The second-order valence-corrected chi connectivity index (χ2v) is 14.1. The summed E-state index contributed by atoms with van der Waals surface area (Å²) >= 11 is 14.3. The molecule has 0 unspecified atom stereocenters. The number of hydrogen-bond donors (Lipinski definition) is 2. The smallest absolute Gasteiger partial charge is 0.219 e. The summed E-state index contributed by atoms with van der Waals surface area (Å²) in [5, 5.41) is 8.27. The predicted molar refractivity (Wildman–Crippen MR) is 206 cm³/mol. The third-order valence-electron chi connectivity index (χ3n) is 10.1. The zero-order chi connectivity index (χ0) is 36.8. The van der Waals surface area contributed by atoms with Crippen LogP contribution in [0.4, 0.5) is 0 Å². The monoisotopic (exact) mass is 744 g/mol. The van der Waals surface area contributed by atoms with E-state index in [1.807, 2.05) is 70.5 Å². The molecule has 2 aliphatic heterocycles. The Bertz CT molecular complexity index is 1770. The Hall–Kier alpha value is -4.22. The molecule has 2 amide bonds. The van der Waals surface area contributed by atoms with Gasteiger partial charge in [0.1, 0.15) is 0 Å². The third-order valence-corrected chi connectivity index (χ3v) is 11.0. The molecule has 2 fully saturated rings. The Morgan fingerprint density at radius 2 is 1.00 bits per heavy atom. The molecule has 12 heteroatoms. The van der Waals surface area contributed by atoms with E-state index in [0.717, 1.165) is 85.2 Å². The lowest BCUT2D eigenvalue weighted by Crippen LogP contribution is -2.44. The second-order valence-electron chi connectivity index (χ2n) is 13.4. The topological polar surface area (TPSA) is 109 Å². The number of halogens is 2. The molecule has 2 N–H and O–H groups in total. The summed E-state index contributed by atoms with van der Waals surface area (Å²) < 4.78 is 11.4. The maximum atomic E-state index is 11.7. The van der Waals surface area contributed by atoms with Gasteiger partial charge in [0.15, 0.2) is 0 Å². The summed E-state index contributed by atoms with van der Waals surface area (Å²) in [6, 6.07) is 20.3. The van der Waals surface area contributed by atoms with E-state index < -0.39 is 0 Å². The maximum Gasteiger partial charge on any atom is 0.219 e. The van der Waals surface area contributed by atoms with Crippen molar-refractivity contribution in [2.45, 2.75) is 64.7 Å². The highest BCUT2D eigenvalue weighted by Gasteiger charge is 2.23. The van der Waals surface area contributed by atoms with E-state index in [9.17, 15) is 9.59 Å². The third kappa shape index (κ3) is 8.52.